The van der Waals surface area contributed by atoms with Crippen molar-refractivity contribution in [1.82, 2.24) is 0 Å². The molecule has 16 rings (SSSR count). The summed E-state index contributed by atoms with van der Waals surface area (Å²) in [5.74, 6) is 1.24. The molecule has 0 spiro atoms. The van der Waals surface area contributed by atoms with E-state index >= 15 is 0 Å². The van der Waals surface area contributed by atoms with Crippen LogP contribution in [0.25, 0.3) is 78.3 Å². The molecule has 0 aliphatic heterocycles. The van der Waals surface area contributed by atoms with E-state index in [-0.39, 0.29) is 11.8 Å². The molecule has 0 N–H and O–H groups in total. The third-order valence-electron chi connectivity index (χ3n) is 18.6. The first kappa shape index (κ1) is 47.2. The molecule has 0 radical (unpaired) electrons. The largest absolute Gasteiger partial charge is 0.454 e. The van der Waals surface area contributed by atoms with Crippen LogP contribution in [0.1, 0.15) is 110 Å². The van der Waals surface area contributed by atoms with E-state index in [0.29, 0.717) is 11.8 Å². The molecule has 2 atom stereocenters. The second-order valence-electron chi connectivity index (χ2n) is 23.1. The van der Waals surface area contributed by atoms with Gasteiger partial charge in [0, 0.05) is 56.0 Å². The molecule has 4 heteroatoms. The average Bonchev–Trinajstić information content (AvgIpc) is 4.26. The molecule has 388 valence electrons. The van der Waals surface area contributed by atoms with Gasteiger partial charge in [0.1, 0.15) is 11.2 Å². The Hall–Kier alpha value is -8.86. The van der Waals surface area contributed by atoms with Gasteiger partial charge >= 0.3 is 0 Å². The summed E-state index contributed by atoms with van der Waals surface area (Å²) in [6.45, 7) is 0. The number of hydrogen-bond acceptors (Lipinski definition) is 4. The minimum absolute atomic E-state index is 0.0556. The van der Waals surface area contributed by atoms with Gasteiger partial charge in [0.25, 0.3) is 0 Å². The third kappa shape index (κ3) is 7.78. The van der Waals surface area contributed by atoms with Crippen molar-refractivity contribution in [2.24, 2.45) is 5.92 Å². The summed E-state index contributed by atoms with van der Waals surface area (Å²) in [5.41, 5.74) is 23.0. The predicted molar refractivity (Wildman–Crippen MR) is 334 cm³/mol. The van der Waals surface area contributed by atoms with Crippen molar-refractivity contribution in [1.29, 1.82) is 0 Å². The van der Waals surface area contributed by atoms with Crippen LogP contribution in [0, 0.1) is 5.92 Å². The monoisotopic (exact) mass is 1030 g/mol. The number of rotatable bonds is 10. The quantitative estimate of drug-likeness (QED) is 0.137. The van der Waals surface area contributed by atoms with Gasteiger partial charge in [-0.15, -0.1) is 0 Å². The van der Waals surface area contributed by atoms with Gasteiger partial charge in [-0.3, -0.25) is 0 Å². The summed E-state index contributed by atoms with van der Waals surface area (Å²) in [7, 11) is 0. The molecule has 0 bridgehead atoms. The van der Waals surface area contributed by atoms with Gasteiger partial charge in [0.05, 0.1) is 17.1 Å². The number of nitrogens with zero attached hydrogens (tertiary/aromatic N) is 2. The van der Waals surface area contributed by atoms with Gasteiger partial charge in [-0.05, 0) is 136 Å². The van der Waals surface area contributed by atoms with E-state index in [4.69, 9.17) is 8.83 Å². The van der Waals surface area contributed by atoms with Crippen LogP contribution in [-0.4, -0.2) is 0 Å². The molecule has 5 aliphatic carbocycles. The first-order valence-electron chi connectivity index (χ1n) is 29.5. The maximum Gasteiger partial charge on any atom is 0.159 e. The Morgan fingerprint density at radius 1 is 0.362 bits per heavy atom. The molecule has 2 saturated carbocycles. The zero-order valence-corrected chi connectivity index (χ0v) is 45.0. The average molecular weight is 1040 g/mol. The number of furan rings is 2. The van der Waals surface area contributed by atoms with E-state index in [1.807, 2.05) is 0 Å². The maximum atomic E-state index is 7.34. The second-order valence-corrected chi connectivity index (χ2v) is 23.1. The van der Waals surface area contributed by atoms with Crippen LogP contribution >= 0.6 is 0 Å². The van der Waals surface area contributed by atoms with Gasteiger partial charge in [0.15, 0.2) is 11.2 Å². The number of fused-ring (bicyclic) bond motifs is 6. The number of benzene rings is 9. The van der Waals surface area contributed by atoms with Gasteiger partial charge in [-0.2, -0.15) is 0 Å². The lowest BCUT2D eigenvalue weighted by molar-refractivity contribution is 0.442. The molecule has 2 aromatic heterocycles. The van der Waals surface area contributed by atoms with Crippen LogP contribution in [-0.2, 0) is 0 Å². The molecule has 80 heavy (non-hydrogen) atoms. The number of anilines is 5. The zero-order chi connectivity index (χ0) is 52.7. The molecular formula is C76H62N2O2. The Morgan fingerprint density at radius 2 is 0.850 bits per heavy atom. The highest BCUT2D eigenvalue weighted by Gasteiger charge is 2.39. The Bertz CT molecular complexity index is 4350. The van der Waals surface area contributed by atoms with Crippen molar-refractivity contribution >= 4 is 84.5 Å². The van der Waals surface area contributed by atoms with Crippen molar-refractivity contribution in [3.8, 4) is 22.3 Å². The van der Waals surface area contributed by atoms with Crippen molar-refractivity contribution < 1.29 is 8.83 Å². The summed E-state index contributed by atoms with van der Waals surface area (Å²) in [4.78, 5) is 4.99. The van der Waals surface area contributed by atoms with E-state index in [1.165, 1.54) is 131 Å². The van der Waals surface area contributed by atoms with E-state index < -0.39 is 0 Å². The van der Waals surface area contributed by atoms with Crippen LogP contribution in [0.15, 0.2) is 239 Å². The van der Waals surface area contributed by atoms with Crippen LogP contribution in [0.4, 0.5) is 28.4 Å². The maximum absolute atomic E-state index is 7.34. The summed E-state index contributed by atoms with van der Waals surface area (Å²) < 4.78 is 14.7. The Balaban J connectivity index is 0.895. The zero-order valence-electron chi connectivity index (χ0n) is 45.0. The molecule has 2 unspecified atom stereocenters. The summed E-state index contributed by atoms with van der Waals surface area (Å²) in [6.07, 6.45) is 27.1. The molecular weight excluding hydrogens is 973 g/mol. The Kier molecular flexibility index (Phi) is 11.5. The molecule has 0 saturated heterocycles. The van der Waals surface area contributed by atoms with Gasteiger partial charge in [-0.1, -0.05) is 221 Å². The first-order chi connectivity index (χ1) is 39.7. The molecule has 5 aliphatic rings. The lowest BCUT2D eigenvalue weighted by Gasteiger charge is -2.41. The molecule has 2 heterocycles. The number of allylic oxidation sites excluding steroid dienone is 5. The van der Waals surface area contributed by atoms with Crippen molar-refractivity contribution in [2.75, 3.05) is 9.80 Å². The van der Waals surface area contributed by atoms with Crippen LogP contribution < -0.4 is 9.80 Å². The highest BCUT2D eigenvalue weighted by Crippen LogP contribution is 2.55. The second kappa shape index (κ2) is 19.5. The molecule has 4 nitrogen and oxygen atoms in total. The SMILES string of the molecule is C1=Cc2ccc(N(c3cccc(-c4ccccc4)c3)c3cccc4c3oc3c(C5CCCCC5)cccc34)c3c2C2C1=C(N(c1cccc(-c4ccccc4)c1)c1cccc4c1oc1c(C5CCCCC5)cccc14)C=CC2C=C3. The summed E-state index contributed by atoms with van der Waals surface area (Å²) >= 11 is 0. The minimum Gasteiger partial charge on any atom is -0.454 e. The minimum atomic E-state index is 0.0556. The lowest BCUT2D eigenvalue weighted by atomic mass is 9.68. The van der Waals surface area contributed by atoms with Crippen molar-refractivity contribution in [2.45, 2.75) is 82.0 Å². The molecule has 11 aromatic rings. The highest BCUT2D eigenvalue weighted by molar-refractivity contribution is 6.13. The summed E-state index contributed by atoms with van der Waals surface area (Å²) in [6, 6.07) is 71.7. The Morgan fingerprint density at radius 3 is 1.43 bits per heavy atom. The van der Waals surface area contributed by atoms with Crippen LogP contribution in [0.2, 0.25) is 0 Å². The molecule has 2 fully saturated rings. The van der Waals surface area contributed by atoms with E-state index in [9.17, 15) is 0 Å². The van der Waals surface area contributed by atoms with Gasteiger partial charge in [-0.25, -0.2) is 0 Å². The highest BCUT2D eigenvalue weighted by atomic mass is 16.3. The smallest absolute Gasteiger partial charge is 0.159 e. The predicted octanol–water partition coefficient (Wildman–Crippen LogP) is 21.8. The van der Waals surface area contributed by atoms with Crippen molar-refractivity contribution in [3.63, 3.8) is 0 Å². The standard InChI is InChI=1S/C76H62N2O2/c1-5-19-49(20-6-1)55-27-13-29-57(47-55)77(69-37-17-35-63-61-33-15-31-59(73(61)79-75(63)69)51-23-9-3-10-24-51)67-45-41-53-40-44-66-68(46-42-54-39-43-65(67)71(53)72(54)66)78(58-30-14-28-56(48-58)50-21-7-2-8-22-50)70-38-18-36-64-62-34-16-32-60(74(62)80-76(64)70)52-25-11-4-12-26-52/h1-2,5-8,13-22,27-48,51-53,71H,3-4,9-12,23-26H2. The number of hydrogen-bond donors (Lipinski definition) is 0. The molecule has 9 aromatic carbocycles. The first-order valence-corrected chi connectivity index (χ1v) is 29.5. The van der Waals surface area contributed by atoms with Crippen LogP contribution in [0.5, 0.6) is 0 Å². The number of para-hydroxylation sites is 4. The topological polar surface area (TPSA) is 32.8 Å². The van der Waals surface area contributed by atoms with E-state index in [1.54, 1.807) is 0 Å². The Labute approximate surface area is 468 Å². The summed E-state index contributed by atoms with van der Waals surface area (Å²) in [5, 5.41) is 4.70. The van der Waals surface area contributed by atoms with Gasteiger partial charge in [0.2, 0.25) is 0 Å². The van der Waals surface area contributed by atoms with Gasteiger partial charge < -0.3 is 18.6 Å². The van der Waals surface area contributed by atoms with Crippen LogP contribution in [0.3, 0.4) is 0 Å². The fourth-order valence-corrected chi connectivity index (χ4v) is 14.8. The lowest BCUT2D eigenvalue weighted by Crippen LogP contribution is -2.28. The van der Waals surface area contributed by atoms with E-state index in [2.05, 4.69) is 240 Å². The third-order valence-corrected chi connectivity index (χ3v) is 18.6. The fourth-order valence-electron chi connectivity index (χ4n) is 14.8. The van der Waals surface area contributed by atoms with E-state index in [0.717, 1.165) is 67.2 Å². The van der Waals surface area contributed by atoms with Crippen molar-refractivity contribution in [3.05, 3.63) is 258 Å². The molecule has 0 amide bonds. The fraction of sp³-hybridized carbons (Fsp3) is 0.184. The normalized spacial score (nSPS) is 17.9.